The Morgan fingerprint density at radius 1 is 1.40 bits per heavy atom. The zero-order valence-electron chi connectivity index (χ0n) is 7.08. The van der Waals surface area contributed by atoms with Crippen molar-refractivity contribution in [3.05, 3.63) is 19.6 Å². The van der Waals surface area contributed by atoms with Gasteiger partial charge in [-0.1, -0.05) is 0 Å². The van der Waals surface area contributed by atoms with E-state index in [9.17, 15) is 0 Å². The Labute approximate surface area is 81.0 Å². The molecule has 0 aromatic rings. The van der Waals surface area contributed by atoms with E-state index in [4.69, 9.17) is 0 Å². The van der Waals surface area contributed by atoms with Crippen LogP contribution in [-0.2, 0) is 24.7 Å². The zero-order chi connectivity index (χ0) is 7.89. The van der Waals surface area contributed by atoms with Crippen LogP contribution >= 0.6 is 0 Å². The molecule has 0 saturated carbocycles. The average Bonchev–Trinajstić information content (AvgIpc) is 2.07. The van der Waals surface area contributed by atoms with Gasteiger partial charge in [-0.3, -0.25) is 0 Å². The molecular formula is C8H13SiZr. The fraction of sp³-hybridized carbons (Fsp3) is 0.500. The van der Waals surface area contributed by atoms with Gasteiger partial charge in [-0.05, 0) is 0 Å². The summed E-state index contributed by atoms with van der Waals surface area (Å²) in [5.74, 6) is 0.769. The van der Waals surface area contributed by atoms with E-state index in [1.807, 2.05) is 0 Å². The predicted octanol–water partition coefficient (Wildman–Crippen LogP) is 1.10. The van der Waals surface area contributed by atoms with E-state index in [1.165, 1.54) is 10.2 Å². The van der Waals surface area contributed by atoms with Crippen molar-refractivity contribution in [2.75, 3.05) is 0 Å². The molecule has 0 N–H and O–H groups in total. The Morgan fingerprint density at radius 2 is 1.90 bits per heavy atom. The second-order valence-corrected chi connectivity index (χ2v) is 5.39. The van der Waals surface area contributed by atoms with Crippen molar-refractivity contribution in [1.82, 2.24) is 0 Å². The molecule has 0 bridgehead atoms. The summed E-state index contributed by atoms with van der Waals surface area (Å²) >= 11 is 1.62. The molecular weight excluding hydrogens is 215 g/mol. The third-order valence-electron chi connectivity index (χ3n) is 2.64. The van der Waals surface area contributed by atoms with E-state index in [1.54, 1.807) is 44.3 Å². The standard InChI is InChI=1S/C8H13Si.Zr/c1-5-4-8(9)7(3)6(5)2;/h5H,1-3,9H3;. The molecule has 1 atom stereocenters. The van der Waals surface area contributed by atoms with Gasteiger partial charge in [-0.25, -0.2) is 0 Å². The van der Waals surface area contributed by atoms with E-state index in [2.05, 4.69) is 20.8 Å². The normalized spacial score (nSPS) is 26.8. The van der Waals surface area contributed by atoms with Crippen molar-refractivity contribution in [2.45, 2.75) is 20.8 Å². The van der Waals surface area contributed by atoms with Crippen LogP contribution in [0.5, 0.6) is 0 Å². The second kappa shape index (κ2) is 2.91. The molecule has 53 valence electrons. The van der Waals surface area contributed by atoms with Gasteiger partial charge in [0, 0.05) is 0 Å². The van der Waals surface area contributed by atoms with Crippen LogP contribution in [0.3, 0.4) is 0 Å². The van der Waals surface area contributed by atoms with Crippen LogP contribution in [0.2, 0.25) is 0 Å². The summed E-state index contributed by atoms with van der Waals surface area (Å²) in [6.07, 6.45) is 0. The van der Waals surface area contributed by atoms with Crippen molar-refractivity contribution < 1.29 is 24.7 Å². The van der Waals surface area contributed by atoms with Crippen molar-refractivity contribution in [3.8, 4) is 0 Å². The zero-order valence-corrected chi connectivity index (χ0v) is 11.5. The van der Waals surface area contributed by atoms with Gasteiger partial charge >= 0.3 is 81.3 Å². The Balaban J connectivity index is 3.09. The minimum absolute atomic E-state index is 0.769. The summed E-state index contributed by atoms with van der Waals surface area (Å²) in [7, 11) is 1.24. The van der Waals surface area contributed by atoms with E-state index < -0.39 is 0 Å². The molecule has 0 heterocycles. The van der Waals surface area contributed by atoms with E-state index in [0.717, 1.165) is 5.92 Å². The monoisotopic (exact) mass is 227 g/mol. The molecule has 1 unspecified atom stereocenters. The number of hydrogen-bond acceptors (Lipinski definition) is 0. The van der Waals surface area contributed by atoms with E-state index >= 15 is 0 Å². The molecule has 0 aliphatic heterocycles. The summed E-state index contributed by atoms with van der Waals surface area (Å²) in [4.78, 5) is 0. The molecule has 0 aromatic carbocycles. The maximum absolute atomic E-state index is 2.33. The molecule has 0 radical (unpaired) electrons. The first-order chi connectivity index (χ1) is 4.55. The average molecular weight is 229 g/mol. The van der Waals surface area contributed by atoms with Crippen molar-refractivity contribution in [2.24, 2.45) is 5.92 Å². The van der Waals surface area contributed by atoms with Crippen LogP contribution < -0.4 is 0 Å². The van der Waals surface area contributed by atoms with Gasteiger partial charge < -0.3 is 0 Å². The van der Waals surface area contributed by atoms with Gasteiger partial charge in [0.25, 0.3) is 0 Å². The van der Waals surface area contributed by atoms with Gasteiger partial charge in [0.1, 0.15) is 0 Å². The SMILES string of the molecule is CC1=C(C)C(C)[C]([Zr])=C1[SiH3]. The van der Waals surface area contributed by atoms with Gasteiger partial charge in [0.05, 0.1) is 0 Å². The summed E-state index contributed by atoms with van der Waals surface area (Å²) < 4.78 is 1.70. The first kappa shape index (κ1) is 8.67. The van der Waals surface area contributed by atoms with Crippen LogP contribution in [-0.4, -0.2) is 10.2 Å². The molecule has 0 nitrogen and oxygen atoms in total. The molecule has 1 rings (SSSR count). The maximum atomic E-state index is 2.33. The number of allylic oxidation sites excluding steroid dienone is 4. The summed E-state index contributed by atoms with van der Waals surface area (Å²) in [6, 6.07) is 0. The first-order valence-electron chi connectivity index (χ1n) is 3.65. The van der Waals surface area contributed by atoms with Crippen molar-refractivity contribution >= 4 is 10.2 Å². The topological polar surface area (TPSA) is 0 Å². The van der Waals surface area contributed by atoms with Crippen LogP contribution in [0.4, 0.5) is 0 Å². The van der Waals surface area contributed by atoms with Crippen molar-refractivity contribution in [1.29, 1.82) is 0 Å². The molecule has 10 heavy (non-hydrogen) atoms. The molecule has 2 heteroatoms. The minimum atomic E-state index is 0.769. The molecule has 0 amide bonds. The fourth-order valence-corrected chi connectivity index (χ4v) is 3.18. The Hall–Kier alpha value is 0.580. The quantitative estimate of drug-likeness (QED) is 0.545. The van der Waals surface area contributed by atoms with Gasteiger partial charge in [0.15, 0.2) is 0 Å². The molecule has 1 aliphatic carbocycles. The number of hydrogen-bond donors (Lipinski definition) is 0. The van der Waals surface area contributed by atoms with Gasteiger partial charge in [-0.15, -0.1) is 0 Å². The molecule has 0 fully saturated rings. The second-order valence-electron chi connectivity index (χ2n) is 3.07. The van der Waals surface area contributed by atoms with Gasteiger partial charge in [0.2, 0.25) is 0 Å². The number of rotatable bonds is 0. The predicted molar refractivity (Wildman–Crippen MR) is 44.5 cm³/mol. The summed E-state index contributed by atoms with van der Waals surface area (Å²) in [5, 5.41) is 1.68. The van der Waals surface area contributed by atoms with Crippen LogP contribution in [0.1, 0.15) is 20.8 Å². The van der Waals surface area contributed by atoms with Gasteiger partial charge in [-0.2, -0.15) is 0 Å². The Morgan fingerprint density at radius 3 is 2.00 bits per heavy atom. The molecule has 0 saturated heterocycles. The molecule has 0 aromatic heterocycles. The van der Waals surface area contributed by atoms with E-state index in [-0.39, 0.29) is 0 Å². The fourth-order valence-electron chi connectivity index (χ4n) is 1.36. The Kier molecular flexibility index (Phi) is 2.52. The third-order valence-corrected chi connectivity index (χ3v) is 7.14. The first-order valence-corrected chi connectivity index (χ1v) is 5.88. The third kappa shape index (κ3) is 1.16. The molecule has 1 aliphatic rings. The van der Waals surface area contributed by atoms with Crippen LogP contribution in [0, 0.1) is 5.92 Å². The van der Waals surface area contributed by atoms with Crippen LogP contribution in [0.25, 0.3) is 0 Å². The van der Waals surface area contributed by atoms with Crippen LogP contribution in [0.15, 0.2) is 19.6 Å². The molecule has 0 spiro atoms. The summed E-state index contributed by atoms with van der Waals surface area (Å²) in [6.45, 7) is 6.87. The van der Waals surface area contributed by atoms with Crippen molar-refractivity contribution in [3.63, 3.8) is 0 Å². The Bertz CT molecular complexity index is 201. The summed E-state index contributed by atoms with van der Waals surface area (Å²) in [5.41, 5.74) is 3.20. The van der Waals surface area contributed by atoms with E-state index in [0.29, 0.717) is 0 Å².